The number of halogens is 2. The second kappa shape index (κ2) is 6.83. The van der Waals surface area contributed by atoms with Crippen molar-refractivity contribution in [3.63, 3.8) is 0 Å². The fraction of sp³-hybridized carbons (Fsp3) is 0.429. The molecular weight excluding hydrogens is 299 g/mol. The number of nitriles is 1. The van der Waals surface area contributed by atoms with Gasteiger partial charge in [-0.05, 0) is 25.0 Å². The summed E-state index contributed by atoms with van der Waals surface area (Å²) in [6.45, 7) is 5.12. The second-order valence-electron chi connectivity index (χ2n) is 4.86. The Balaban J connectivity index is 2.67. The third kappa shape index (κ3) is 4.03. The maximum absolute atomic E-state index is 11.8. The number of carbonyl (C=O) groups is 1. The molecule has 0 aromatic heterocycles. The van der Waals surface area contributed by atoms with E-state index in [0.717, 1.165) is 0 Å². The first kappa shape index (κ1) is 16.6. The zero-order valence-corrected chi connectivity index (χ0v) is 13.0. The minimum absolute atomic E-state index is 0.0275. The number of hydrogen-bond acceptors (Lipinski definition) is 3. The molecule has 1 rings (SSSR count). The van der Waals surface area contributed by atoms with Gasteiger partial charge in [-0.25, -0.2) is 0 Å². The van der Waals surface area contributed by atoms with Crippen LogP contribution in [0.5, 0.6) is 5.75 Å². The van der Waals surface area contributed by atoms with Crippen LogP contribution in [0, 0.1) is 17.2 Å². The van der Waals surface area contributed by atoms with E-state index in [0.29, 0.717) is 10.0 Å². The van der Waals surface area contributed by atoms with Crippen molar-refractivity contribution in [1.29, 1.82) is 5.26 Å². The summed E-state index contributed by atoms with van der Waals surface area (Å²) in [7, 11) is 0. The van der Waals surface area contributed by atoms with Crippen LogP contribution in [-0.2, 0) is 4.79 Å². The van der Waals surface area contributed by atoms with Gasteiger partial charge in [0.15, 0.2) is 12.4 Å². The lowest BCUT2D eigenvalue weighted by Crippen LogP contribution is -2.50. The smallest absolute Gasteiger partial charge is 0.259 e. The van der Waals surface area contributed by atoms with Gasteiger partial charge in [-0.1, -0.05) is 43.1 Å². The molecule has 0 aliphatic carbocycles. The van der Waals surface area contributed by atoms with E-state index in [1.165, 1.54) is 0 Å². The molecule has 1 N–H and O–H groups in total. The number of nitrogens with zero attached hydrogens (tertiary/aromatic N) is 1. The highest BCUT2D eigenvalue weighted by Gasteiger charge is 2.30. The van der Waals surface area contributed by atoms with Crippen LogP contribution in [-0.4, -0.2) is 18.1 Å². The van der Waals surface area contributed by atoms with Gasteiger partial charge in [-0.15, -0.1) is 0 Å². The molecule has 1 atom stereocenters. The van der Waals surface area contributed by atoms with E-state index in [2.05, 4.69) is 11.4 Å². The average Bonchev–Trinajstić information content (AvgIpc) is 2.37. The summed E-state index contributed by atoms with van der Waals surface area (Å²) in [5, 5.41) is 12.4. The fourth-order valence-corrected chi connectivity index (χ4v) is 1.89. The largest absolute Gasteiger partial charge is 0.481 e. The quantitative estimate of drug-likeness (QED) is 0.905. The highest BCUT2D eigenvalue weighted by molar-refractivity contribution is 6.37. The predicted molar refractivity (Wildman–Crippen MR) is 79.0 cm³/mol. The topological polar surface area (TPSA) is 62.1 Å². The summed E-state index contributed by atoms with van der Waals surface area (Å²) in [5.74, 6) is -0.173. The predicted octanol–water partition coefficient (Wildman–Crippen LogP) is 3.43. The maximum Gasteiger partial charge on any atom is 0.259 e. The molecule has 6 heteroatoms. The molecule has 1 aromatic rings. The highest BCUT2D eigenvalue weighted by atomic mass is 35.5. The summed E-state index contributed by atoms with van der Waals surface area (Å²) in [6.07, 6.45) is 0. The molecule has 0 aliphatic rings. The lowest BCUT2D eigenvalue weighted by Gasteiger charge is -2.27. The molecule has 108 valence electrons. The van der Waals surface area contributed by atoms with E-state index >= 15 is 0 Å². The van der Waals surface area contributed by atoms with Crippen LogP contribution in [0.15, 0.2) is 18.2 Å². The van der Waals surface area contributed by atoms with Gasteiger partial charge in [0, 0.05) is 0 Å². The average molecular weight is 315 g/mol. The van der Waals surface area contributed by atoms with Crippen molar-refractivity contribution >= 4 is 29.1 Å². The first-order valence-corrected chi connectivity index (χ1v) is 6.85. The molecule has 4 nitrogen and oxygen atoms in total. The first-order chi connectivity index (χ1) is 9.30. The molecule has 0 saturated carbocycles. The SMILES string of the molecule is CC(C)[C@](C)(C#N)NC(=O)COc1c(Cl)cccc1Cl. The van der Waals surface area contributed by atoms with Crippen LogP contribution in [0.25, 0.3) is 0 Å². The highest BCUT2D eigenvalue weighted by Crippen LogP contribution is 2.32. The van der Waals surface area contributed by atoms with Crippen LogP contribution >= 0.6 is 23.2 Å². The number of nitrogens with one attached hydrogen (secondary N) is 1. The zero-order chi connectivity index (χ0) is 15.3. The minimum Gasteiger partial charge on any atom is -0.481 e. The number of ether oxygens (including phenoxy) is 1. The first-order valence-electron chi connectivity index (χ1n) is 6.09. The summed E-state index contributed by atoms with van der Waals surface area (Å²) in [4.78, 5) is 11.8. The van der Waals surface area contributed by atoms with Crippen LogP contribution < -0.4 is 10.1 Å². The Labute approximate surface area is 128 Å². The Bertz CT molecular complexity index is 520. The van der Waals surface area contributed by atoms with Crippen molar-refractivity contribution < 1.29 is 9.53 Å². The zero-order valence-electron chi connectivity index (χ0n) is 11.5. The van der Waals surface area contributed by atoms with E-state index in [-0.39, 0.29) is 18.3 Å². The third-order valence-corrected chi connectivity index (χ3v) is 3.65. The van der Waals surface area contributed by atoms with Crippen molar-refractivity contribution in [3.8, 4) is 11.8 Å². The number of para-hydroxylation sites is 1. The molecule has 0 spiro atoms. The van der Waals surface area contributed by atoms with Crippen LogP contribution in [0.4, 0.5) is 0 Å². The van der Waals surface area contributed by atoms with Crippen LogP contribution in [0.1, 0.15) is 20.8 Å². The minimum atomic E-state index is -0.940. The normalized spacial score (nSPS) is 13.4. The Kier molecular flexibility index (Phi) is 5.67. The molecule has 0 radical (unpaired) electrons. The van der Waals surface area contributed by atoms with Gasteiger partial charge in [-0.3, -0.25) is 4.79 Å². The third-order valence-electron chi connectivity index (χ3n) is 3.05. The van der Waals surface area contributed by atoms with Crippen molar-refractivity contribution in [3.05, 3.63) is 28.2 Å². The summed E-state index contributed by atoms with van der Waals surface area (Å²) in [6, 6.07) is 7.01. The van der Waals surface area contributed by atoms with Gasteiger partial charge >= 0.3 is 0 Å². The van der Waals surface area contributed by atoms with Crippen molar-refractivity contribution in [2.45, 2.75) is 26.3 Å². The van der Waals surface area contributed by atoms with Gasteiger partial charge in [-0.2, -0.15) is 5.26 Å². The van der Waals surface area contributed by atoms with Gasteiger partial charge in [0.25, 0.3) is 5.91 Å². The van der Waals surface area contributed by atoms with Gasteiger partial charge in [0.05, 0.1) is 16.1 Å². The van der Waals surface area contributed by atoms with Crippen molar-refractivity contribution in [2.24, 2.45) is 5.92 Å². The molecule has 1 amide bonds. The number of benzene rings is 1. The van der Waals surface area contributed by atoms with Crippen molar-refractivity contribution in [2.75, 3.05) is 6.61 Å². The Morgan fingerprint density at radius 2 is 2.00 bits per heavy atom. The molecule has 20 heavy (non-hydrogen) atoms. The van der Waals surface area contributed by atoms with E-state index < -0.39 is 11.4 Å². The molecule has 0 aliphatic heterocycles. The van der Waals surface area contributed by atoms with Gasteiger partial charge in [0.2, 0.25) is 0 Å². The summed E-state index contributed by atoms with van der Waals surface area (Å²) in [5.41, 5.74) is -0.940. The molecule has 0 saturated heterocycles. The number of hydrogen-bond donors (Lipinski definition) is 1. The number of carbonyl (C=O) groups excluding carboxylic acids is 1. The van der Waals surface area contributed by atoms with Crippen LogP contribution in [0.3, 0.4) is 0 Å². The van der Waals surface area contributed by atoms with E-state index in [4.69, 9.17) is 33.2 Å². The van der Waals surface area contributed by atoms with E-state index in [1.807, 2.05) is 13.8 Å². The number of amides is 1. The van der Waals surface area contributed by atoms with Gasteiger partial charge < -0.3 is 10.1 Å². The fourth-order valence-electron chi connectivity index (χ4n) is 1.39. The standard InChI is InChI=1S/C14H16Cl2N2O2/c1-9(2)14(3,8-17)18-12(19)7-20-13-10(15)5-4-6-11(13)16/h4-6,9H,7H2,1-3H3,(H,18,19)/t14-/m0/s1. The Morgan fingerprint density at radius 3 is 2.45 bits per heavy atom. The Hall–Kier alpha value is -1.44. The molecule has 0 unspecified atom stereocenters. The van der Waals surface area contributed by atoms with E-state index in [1.54, 1.807) is 25.1 Å². The monoisotopic (exact) mass is 314 g/mol. The number of rotatable bonds is 5. The summed E-state index contributed by atoms with van der Waals surface area (Å²) >= 11 is 11.9. The lowest BCUT2D eigenvalue weighted by molar-refractivity contribution is -0.124. The summed E-state index contributed by atoms with van der Waals surface area (Å²) < 4.78 is 5.31. The van der Waals surface area contributed by atoms with E-state index in [9.17, 15) is 4.79 Å². The molecule has 0 bridgehead atoms. The second-order valence-corrected chi connectivity index (χ2v) is 5.67. The van der Waals surface area contributed by atoms with Crippen molar-refractivity contribution in [1.82, 2.24) is 5.32 Å². The molecule has 1 aromatic carbocycles. The molecule has 0 heterocycles. The maximum atomic E-state index is 11.8. The Morgan fingerprint density at radius 1 is 1.45 bits per heavy atom. The van der Waals surface area contributed by atoms with Gasteiger partial charge in [0.1, 0.15) is 5.54 Å². The molecule has 0 fully saturated rings. The lowest BCUT2D eigenvalue weighted by atomic mass is 9.90. The molecular formula is C14H16Cl2N2O2. The van der Waals surface area contributed by atoms with Crippen LogP contribution in [0.2, 0.25) is 10.0 Å².